The second kappa shape index (κ2) is 5.46. The van der Waals surface area contributed by atoms with Gasteiger partial charge in [-0.2, -0.15) is 0 Å². The Morgan fingerprint density at radius 1 is 1.61 bits per heavy atom. The van der Waals surface area contributed by atoms with Crippen LogP contribution in [-0.4, -0.2) is 68.8 Å². The van der Waals surface area contributed by atoms with Gasteiger partial charge in [-0.05, 0) is 0 Å². The third-order valence-electron chi connectivity index (χ3n) is 3.21. The lowest BCUT2D eigenvalue weighted by Gasteiger charge is -2.34. The predicted molar refractivity (Wildman–Crippen MR) is 59.6 cm³/mol. The van der Waals surface area contributed by atoms with Crippen LogP contribution in [0.25, 0.3) is 0 Å². The van der Waals surface area contributed by atoms with E-state index in [4.69, 9.17) is 9.47 Å². The van der Waals surface area contributed by atoms with Gasteiger partial charge >= 0.3 is 0 Å². The number of hydrogen-bond acceptors (Lipinski definition) is 4. The molecule has 2 fully saturated rings. The molecule has 2 saturated heterocycles. The van der Waals surface area contributed by atoms with Crippen LogP contribution in [0, 0.1) is 0 Å². The summed E-state index contributed by atoms with van der Waals surface area (Å²) < 4.78 is 36.5. The Bertz CT molecular complexity index is 313. The maximum atomic E-state index is 13.0. The summed E-state index contributed by atoms with van der Waals surface area (Å²) >= 11 is 0. The van der Waals surface area contributed by atoms with Gasteiger partial charge in [-0.25, -0.2) is 8.78 Å². The van der Waals surface area contributed by atoms with Gasteiger partial charge in [0.1, 0.15) is 0 Å². The van der Waals surface area contributed by atoms with E-state index in [0.717, 1.165) is 0 Å². The van der Waals surface area contributed by atoms with E-state index in [-0.39, 0.29) is 12.0 Å². The fraction of sp³-hybridized carbons (Fsp3) is 0.909. The minimum Gasteiger partial charge on any atom is -0.382 e. The second-order valence-corrected chi connectivity index (χ2v) is 4.73. The highest BCUT2D eigenvalue weighted by Gasteiger charge is 2.44. The molecule has 0 spiro atoms. The van der Waals surface area contributed by atoms with Crippen LogP contribution >= 0.6 is 0 Å². The van der Waals surface area contributed by atoms with E-state index >= 15 is 0 Å². The average Bonchev–Trinajstić information content (AvgIpc) is 2.70. The standard InChI is InChI=1S/C11H18F2N2O3/c1-17-6-8-5-15(2-3-18-8)10(16)9-4-11(12,13)7-14-9/h8-9,14H,2-7H2,1H3. The average molecular weight is 264 g/mol. The molecule has 0 saturated carbocycles. The van der Waals surface area contributed by atoms with Crippen LogP contribution in [0.2, 0.25) is 0 Å². The normalized spacial score (nSPS) is 31.6. The van der Waals surface area contributed by atoms with E-state index in [1.165, 1.54) is 0 Å². The molecule has 1 amide bonds. The molecule has 2 aliphatic heterocycles. The number of morpholine rings is 1. The van der Waals surface area contributed by atoms with Crippen LogP contribution in [-0.2, 0) is 14.3 Å². The maximum absolute atomic E-state index is 13.0. The number of alkyl halides is 2. The van der Waals surface area contributed by atoms with Gasteiger partial charge in [-0.15, -0.1) is 0 Å². The molecule has 0 aliphatic carbocycles. The third kappa shape index (κ3) is 3.15. The Morgan fingerprint density at radius 2 is 2.39 bits per heavy atom. The summed E-state index contributed by atoms with van der Waals surface area (Å²) in [7, 11) is 1.56. The monoisotopic (exact) mass is 264 g/mol. The lowest BCUT2D eigenvalue weighted by molar-refractivity contribution is -0.143. The zero-order valence-corrected chi connectivity index (χ0v) is 10.3. The van der Waals surface area contributed by atoms with E-state index in [0.29, 0.717) is 26.3 Å². The van der Waals surface area contributed by atoms with Gasteiger partial charge in [0.05, 0.1) is 31.9 Å². The SMILES string of the molecule is COCC1CN(C(=O)C2CC(F)(F)CN2)CCO1. The number of halogens is 2. The number of carbonyl (C=O) groups is 1. The lowest BCUT2D eigenvalue weighted by Crippen LogP contribution is -2.52. The fourth-order valence-electron chi connectivity index (χ4n) is 2.32. The molecule has 2 heterocycles. The van der Waals surface area contributed by atoms with Gasteiger partial charge in [-0.3, -0.25) is 10.1 Å². The molecule has 2 unspecified atom stereocenters. The van der Waals surface area contributed by atoms with Crippen molar-refractivity contribution in [1.82, 2.24) is 10.2 Å². The highest BCUT2D eigenvalue weighted by Crippen LogP contribution is 2.26. The first-order valence-corrected chi connectivity index (χ1v) is 6.02. The molecule has 0 bridgehead atoms. The molecule has 18 heavy (non-hydrogen) atoms. The minimum atomic E-state index is -2.78. The largest absolute Gasteiger partial charge is 0.382 e. The summed E-state index contributed by atoms with van der Waals surface area (Å²) in [5.74, 6) is -3.05. The number of ether oxygens (including phenoxy) is 2. The number of methoxy groups -OCH3 is 1. The molecule has 2 atom stereocenters. The van der Waals surface area contributed by atoms with E-state index in [1.54, 1.807) is 12.0 Å². The van der Waals surface area contributed by atoms with Gasteiger partial charge in [-0.1, -0.05) is 0 Å². The summed E-state index contributed by atoms with van der Waals surface area (Å²) in [5, 5.41) is 2.58. The molecule has 7 heteroatoms. The highest BCUT2D eigenvalue weighted by atomic mass is 19.3. The Morgan fingerprint density at radius 3 is 3.00 bits per heavy atom. The van der Waals surface area contributed by atoms with Crippen LogP contribution in [0.5, 0.6) is 0 Å². The number of hydrogen-bond donors (Lipinski definition) is 1. The summed E-state index contributed by atoms with van der Waals surface area (Å²) in [6.07, 6.45) is -0.590. The van der Waals surface area contributed by atoms with E-state index < -0.39 is 24.9 Å². The summed E-state index contributed by atoms with van der Waals surface area (Å²) in [5.41, 5.74) is 0. The van der Waals surface area contributed by atoms with Gasteiger partial charge in [0.15, 0.2) is 0 Å². The smallest absolute Gasteiger partial charge is 0.262 e. The molecule has 104 valence electrons. The van der Waals surface area contributed by atoms with Gasteiger partial charge in [0.25, 0.3) is 5.92 Å². The van der Waals surface area contributed by atoms with E-state index in [1.807, 2.05) is 0 Å². The summed E-state index contributed by atoms with van der Waals surface area (Å²) in [6.45, 7) is 1.25. The number of nitrogens with one attached hydrogen (secondary N) is 1. The van der Waals surface area contributed by atoms with Crippen molar-refractivity contribution >= 4 is 5.91 Å². The van der Waals surface area contributed by atoms with Crippen molar-refractivity contribution in [3.63, 3.8) is 0 Å². The molecule has 0 aromatic rings. The van der Waals surface area contributed by atoms with Crippen molar-refractivity contribution in [2.24, 2.45) is 0 Å². The van der Waals surface area contributed by atoms with Crippen LogP contribution in [0.1, 0.15) is 6.42 Å². The molecule has 2 aliphatic rings. The molecular weight excluding hydrogens is 246 g/mol. The quantitative estimate of drug-likeness (QED) is 0.770. The molecule has 0 radical (unpaired) electrons. The van der Waals surface area contributed by atoms with Crippen LogP contribution in [0.3, 0.4) is 0 Å². The van der Waals surface area contributed by atoms with Crippen molar-refractivity contribution < 1.29 is 23.0 Å². The Balaban J connectivity index is 1.89. The Kier molecular flexibility index (Phi) is 4.14. The third-order valence-corrected chi connectivity index (χ3v) is 3.21. The van der Waals surface area contributed by atoms with Crippen molar-refractivity contribution in [3.8, 4) is 0 Å². The molecule has 0 aromatic heterocycles. The van der Waals surface area contributed by atoms with Crippen LogP contribution in [0.15, 0.2) is 0 Å². The first kappa shape index (κ1) is 13.6. The van der Waals surface area contributed by atoms with Crippen molar-refractivity contribution in [1.29, 1.82) is 0 Å². The van der Waals surface area contributed by atoms with Gasteiger partial charge < -0.3 is 14.4 Å². The van der Waals surface area contributed by atoms with Crippen LogP contribution in [0.4, 0.5) is 8.78 Å². The summed E-state index contributed by atoms with van der Waals surface area (Å²) in [6, 6.07) is -0.777. The van der Waals surface area contributed by atoms with Crippen molar-refractivity contribution in [2.75, 3.05) is 40.0 Å². The number of nitrogens with zero attached hydrogens (tertiary/aromatic N) is 1. The fourth-order valence-corrected chi connectivity index (χ4v) is 2.32. The van der Waals surface area contributed by atoms with Crippen LogP contribution < -0.4 is 5.32 Å². The number of amides is 1. The maximum Gasteiger partial charge on any atom is 0.262 e. The van der Waals surface area contributed by atoms with E-state index in [9.17, 15) is 13.6 Å². The minimum absolute atomic E-state index is 0.172. The molecule has 2 rings (SSSR count). The second-order valence-electron chi connectivity index (χ2n) is 4.73. The van der Waals surface area contributed by atoms with Crippen molar-refractivity contribution in [2.45, 2.75) is 24.5 Å². The first-order valence-electron chi connectivity index (χ1n) is 6.02. The first-order chi connectivity index (χ1) is 8.52. The lowest BCUT2D eigenvalue weighted by atomic mass is 10.1. The summed E-state index contributed by atoms with van der Waals surface area (Å²) in [4.78, 5) is 13.6. The number of carbonyl (C=O) groups excluding carboxylic acids is 1. The van der Waals surface area contributed by atoms with E-state index in [2.05, 4.69) is 5.32 Å². The van der Waals surface area contributed by atoms with Gasteiger partial charge in [0.2, 0.25) is 5.91 Å². The molecule has 5 nitrogen and oxygen atoms in total. The predicted octanol–water partition coefficient (Wildman–Crippen LogP) is -0.143. The Labute approximate surface area is 104 Å². The molecular formula is C11H18F2N2O3. The zero-order valence-electron chi connectivity index (χ0n) is 10.3. The highest BCUT2D eigenvalue weighted by molar-refractivity contribution is 5.82. The zero-order chi connectivity index (χ0) is 13.2. The van der Waals surface area contributed by atoms with Gasteiger partial charge in [0, 0.05) is 26.6 Å². The van der Waals surface area contributed by atoms with Crippen molar-refractivity contribution in [3.05, 3.63) is 0 Å². The molecule has 0 aromatic carbocycles. The number of rotatable bonds is 3. The molecule has 1 N–H and O–H groups in total. The Hall–Kier alpha value is -0.790. The topological polar surface area (TPSA) is 50.8 Å².